The molecule has 0 atom stereocenters. The maximum Gasteiger partial charge on any atom is 0.313 e. The van der Waals surface area contributed by atoms with Gasteiger partial charge in [-0.2, -0.15) is 0 Å². The molecule has 6 heteroatoms. The van der Waals surface area contributed by atoms with Crippen LogP contribution in [0.2, 0.25) is 0 Å². The lowest BCUT2D eigenvalue weighted by Crippen LogP contribution is -2.33. The van der Waals surface area contributed by atoms with Crippen molar-refractivity contribution in [1.82, 2.24) is 14.5 Å². The summed E-state index contributed by atoms with van der Waals surface area (Å²) in [6.07, 6.45) is 7.63. The molecular formula is C15H19N3O2S. The van der Waals surface area contributed by atoms with Crippen molar-refractivity contribution in [3.63, 3.8) is 0 Å². The molecule has 0 aromatic carbocycles. The van der Waals surface area contributed by atoms with E-state index in [1.165, 1.54) is 31.0 Å². The van der Waals surface area contributed by atoms with Crippen molar-refractivity contribution >= 4 is 28.9 Å². The second-order valence-corrected chi connectivity index (χ2v) is 6.76. The Morgan fingerprint density at radius 1 is 1.43 bits per heavy atom. The summed E-state index contributed by atoms with van der Waals surface area (Å²) in [5.74, 6) is -0.792. The van der Waals surface area contributed by atoms with Crippen molar-refractivity contribution in [3.05, 3.63) is 18.3 Å². The van der Waals surface area contributed by atoms with Crippen LogP contribution in [0.15, 0.2) is 23.5 Å². The third kappa shape index (κ3) is 2.77. The number of imidazole rings is 1. The molecule has 0 bridgehead atoms. The molecule has 2 aromatic rings. The predicted molar refractivity (Wildman–Crippen MR) is 82.6 cm³/mol. The summed E-state index contributed by atoms with van der Waals surface area (Å²) in [4.78, 5) is 20.0. The average Bonchev–Trinajstić information content (AvgIpc) is 2.85. The van der Waals surface area contributed by atoms with Gasteiger partial charge in [-0.3, -0.25) is 9.36 Å². The first-order valence-corrected chi connectivity index (χ1v) is 8.27. The summed E-state index contributed by atoms with van der Waals surface area (Å²) in [5, 5.41) is 9.72. The summed E-state index contributed by atoms with van der Waals surface area (Å²) >= 11 is 1.29. The number of carboxylic acid groups (broad SMARTS) is 1. The van der Waals surface area contributed by atoms with Gasteiger partial charge in [-0.05, 0) is 31.9 Å². The number of carbonyl (C=O) groups is 1. The zero-order valence-corrected chi connectivity index (χ0v) is 12.9. The summed E-state index contributed by atoms with van der Waals surface area (Å²) in [5.41, 5.74) is 1.70. The highest BCUT2D eigenvalue weighted by molar-refractivity contribution is 7.99. The van der Waals surface area contributed by atoms with Crippen LogP contribution in [0.1, 0.15) is 39.0 Å². The number of nitrogens with zero attached hydrogens (tertiary/aromatic N) is 3. The topological polar surface area (TPSA) is 68.0 Å². The van der Waals surface area contributed by atoms with E-state index in [1.54, 1.807) is 6.20 Å². The van der Waals surface area contributed by atoms with Crippen LogP contribution in [-0.4, -0.2) is 31.4 Å². The Hall–Kier alpha value is -1.56. The van der Waals surface area contributed by atoms with E-state index >= 15 is 0 Å². The summed E-state index contributed by atoms with van der Waals surface area (Å²) in [6, 6.07) is 3.81. The SMILES string of the molecule is CC1(n2c(SCC(=O)O)nc3cccnc32)CCCCC1. The van der Waals surface area contributed by atoms with Crippen LogP contribution in [0.5, 0.6) is 0 Å². The smallest absolute Gasteiger partial charge is 0.313 e. The quantitative estimate of drug-likeness (QED) is 0.878. The molecule has 5 nitrogen and oxygen atoms in total. The van der Waals surface area contributed by atoms with Crippen molar-refractivity contribution in [2.75, 3.05) is 5.75 Å². The molecular weight excluding hydrogens is 286 g/mol. The molecule has 1 aliphatic carbocycles. The number of aliphatic carboxylic acids is 1. The number of hydrogen-bond acceptors (Lipinski definition) is 4. The molecule has 0 saturated heterocycles. The molecule has 0 spiro atoms. The highest BCUT2D eigenvalue weighted by Gasteiger charge is 2.33. The van der Waals surface area contributed by atoms with Crippen LogP contribution < -0.4 is 0 Å². The number of hydrogen-bond donors (Lipinski definition) is 1. The van der Waals surface area contributed by atoms with Gasteiger partial charge >= 0.3 is 5.97 Å². The average molecular weight is 305 g/mol. The van der Waals surface area contributed by atoms with Crippen LogP contribution in [0, 0.1) is 0 Å². The van der Waals surface area contributed by atoms with Gasteiger partial charge in [0.05, 0.1) is 5.75 Å². The summed E-state index contributed by atoms with van der Waals surface area (Å²) in [7, 11) is 0. The van der Waals surface area contributed by atoms with E-state index in [-0.39, 0.29) is 11.3 Å². The molecule has 1 aliphatic rings. The zero-order chi connectivity index (χ0) is 14.9. The molecule has 21 heavy (non-hydrogen) atoms. The third-order valence-electron chi connectivity index (χ3n) is 4.18. The lowest BCUT2D eigenvalue weighted by Gasteiger charge is -2.36. The van der Waals surface area contributed by atoms with Gasteiger partial charge < -0.3 is 5.11 Å². The van der Waals surface area contributed by atoms with Gasteiger partial charge in [0.1, 0.15) is 5.52 Å². The van der Waals surface area contributed by atoms with Crippen LogP contribution >= 0.6 is 11.8 Å². The second-order valence-electron chi connectivity index (χ2n) is 5.82. The number of thioether (sulfide) groups is 1. The standard InChI is InChI=1S/C15H19N3O2S/c1-15(7-3-2-4-8-15)18-13-11(6-5-9-16-13)17-14(18)21-10-12(19)20/h5-6,9H,2-4,7-8,10H2,1H3,(H,19,20). The Morgan fingerprint density at radius 3 is 2.90 bits per heavy atom. The molecule has 0 amide bonds. The summed E-state index contributed by atoms with van der Waals surface area (Å²) in [6.45, 7) is 2.24. The van der Waals surface area contributed by atoms with Crippen LogP contribution in [0.4, 0.5) is 0 Å². The molecule has 2 aromatic heterocycles. The fourth-order valence-corrected chi connectivity index (χ4v) is 3.99. The van der Waals surface area contributed by atoms with Gasteiger partial charge in [0, 0.05) is 11.7 Å². The van der Waals surface area contributed by atoms with E-state index < -0.39 is 5.97 Å². The van der Waals surface area contributed by atoms with Gasteiger partial charge in [-0.25, -0.2) is 9.97 Å². The molecule has 2 heterocycles. The predicted octanol–water partition coefficient (Wildman–Crippen LogP) is 3.29. The second kappa shape index (κ2) is 5.67. The lowest BCUT2D eigenvalue weighted by atomic mass is 9.83. The van der Waals surface area contributed by atoms with Crippen molar-refractivity contribution in [2.24, 2.45) is 0 Å². The minimum absolute atomic E-state index is 0.0117. The molecule has 1 fully saturated rings. The molecule has 1 N–H and O–H groups in total. The molecule has 0 radical (unpaired) electrons. The van der Waals surface area contributed by atoms with E-state index in [1.807, 2.05) is 12.1 Å². The maximum atomic E-state index is 10.9. The first-order chi connectivity index (χ1) is 10.1. The number of rotatable bonds is 4. The van der Waals surface area contributed by atoms with Gasteiger partial charge in [0.2, 0.25) is 0 Å². The Labute approximate surface area is 127 Å². The Kier molecular flexibility index (Phi) is 3.89. The highest BCUT2D eigenvalue weighted by Crippen LogP contribution is 2.39. The van der Waals surface area contributed by atoms with Gasteiger partial charge in [-0.15, -0.1) is 0 Å². The third-order valence-corrected chi connectivity index (χ3v) is 5.10. The number of pyridine rings is 1. The maximum absolute atomic E-state index is 10.9. The van der Waals surface area contributed by atoms with E-state index in [4.69, 9.17) is 5.11 Å². The highest BCUT2D eigenvalue weighted by atomic mass is 32.2. The van der Waals surface area contributed by atoms with E-state index in [2.05, 4.69) is 21.5 Å². The lowest BCUT2D eigenvalue weighted by molar-refractivity contribution is -0.133. The minimum Gasteiger partial charge on any atom is -0.481 e. The number of carboxylic acids is 1. The normalized spacial score (nSPS) is 18.0. The monoisotopic (exact) mass is 305 g/mol. The number of fused-ring (bicyclic) bond motifs is 1. The zero-order valence-electron chi connectivity index (χ0n) is 12.1. The van der Waals surface area contributed by atoms with Gasteiger partial charge in [0.25, 0.3) is 0 Å². The molecule has 0 aliphatic heterocycles. The van der Waals surface area contributed by atoms with Crippen LogP contribution in [0.25, 0.3) is 11.2 Å². The van der Waals surface area contributed by atoms with E-state index in [0.29, 0.717) is 0 Å². The van der Waals surface area contributed by atoms with Crippen molar-refractivity contribution < 1.29 is 9.90 Å². The molecule has 0 unspecified atom stereocenters. The molecule has 3 rings (SSSR count). The van der Waals surface area contributed by atoms with Gasteiger partial charge in [-0.1, -0.05) is 31.0 Å². The minimum atomic E-state index is -0.819. The Bertz CT molecular complexity index is 662. The first-order valence-electron chi connectivity index (χ1n) is 7.29. The van der Waals surface area contributed by atoms with Crippen molar-refractivity contribution in [2.45, 2.75) is 49.7 Å². The van der Waals surface area contributed by atoms with E-state index in [9.17, 15) is 4.79 Å². The van der Waals surface area contributed by atoms with Gasteiger partial charge in [0.15, 0.2) is 10.8 Å². The fraction of sp³-hybridized carbons (Fsp3) is 0.533. The van der Waals surface area contributed by atoms with Crippen LogP contribution in [-0.2, 0) is 10.3 Å². The fourth-order valence-electron chi connectivity index (χ4n) is 3.14. The Balaban J connectivity index is 2.08. The summed E-state index contributed by atoms with van der Waals surface area (Å²) < 4.78 is 2.18. The van der Waals surface area contributed by atoms with Crippen molar-refractivity contribution in [3.8, 4) is 0 Å². The van der Waals surface area contributed by atoms with Crippen LogP contribution in [0.3, 0.4) is 0 Å². The Morgan fingerprint density at radius 2 is 2.19 bits per heavy atom. The first kappa shape index (κ1) is 14.4. The number of aromatic nitrogens is 3. The molecule has 112 valence electrons. The van der Waals surface area contributed by atoms with Crippen molar-refractivity contribution in [1.29, 1.82) is 0 Å². The largest absolute Gasteiger partial charge is 0.481 e. The van der Waals surface area contributed by atoms with E-state index in [0.717, 1.165) is 29.2 Å². The molecule has 1 saturated carbocycles.